The summed E-state index contributed by atoms with van der Waals surface area (Å²) in [6.45, 7) is 1.68. The number of carbonyl (C=O) groups is 1. The summed E-state index contributed by atoms with van der Waals surface area (Å²) in [5, 5.41) is 0.467. The molecule has 0 spiro atoms. The van der Waals surface area contributed by atoms with Crippen LogP contribution in [0.5, 0.6) is 0 Å². The zero-order valence-electron chi connectivity index (χ0n) is 8.27. The number of carbonyl (C=O) groups excluding carboxylic acids is 1. The van der Waals surface area contributed by atoms with Crippen LogP contribution in [0.4, 0.5) is 0 Å². The number of benzene rings is 1. The predicted molar refractivity (Wildman–Crippen MR) is 56.0 cm³/mol. The molecule has 0 bridgehead atoms. The first-order valence-electron chi connectivity index (χ1n) is 4.40. The van der Waals surface area contributed by atoms with Gasteiger partial charge in [0.25, 0.3) is 7.37 Å². The summed E-state index contributed by atoms with van der Waals surface area (Å²) < 4.78 is 17.0. The van der Waals surface area contributed by atoms with Crippen LogP contribution >= 0.6 is 7.37 Å². The number of hydrogen-bond acceptors (Lipinski definition) is 3. The molecule has 0 aliphatic rings. The zero-order chi connectivity index (χ0) is 10.6. The molecule has 0 saturated heterocycles. The molecule has 4 heteroatoms. The molecule has 76 valence electrons. The van der Waals surface area contributed by atoms with Crippen molar-refractivity contribution in [1.29, 1.82) is 0 Å². The van der Waals surface area contributed by atoms with E-state index < -0.39 is 7.37 Å². The summed E-state index contributed by atoms with van der Waals surface area (Å²) in [5.74, 6) is 0. The van der Waals surface area contributed by atoms with E-state index in [4.69, 9.17) is 4.52 Å². The van der Waals surface area contributed by atoms with E-state index in [9.17, 15) is 9.36 Å². The average Bonchev–Trinajstić information content (AvgIpc) is 2.28. The minimum atomic E-state index is -3.28. The van der Waals surface area contributed by atoms with Crippen molar-refractivity contribution in [3.8, 4) is 0 Å². The molecule has 0 saturated carbocycles. The van der Waals surface area contributed by atoms with Crippen LogP contribution in [0.2, 0.25) is 0 Å². The lowest BCUT2D eigenvalue weighted by Crippen LogP contribution is -2.13. The monoisotopic (exact) mass is 212 g/mol. The highest BCUT2D eigenvalue weighted by molar-refractivity contribution is 7.82. The van der Waals surface area contributed by atoms with E-state index in [0.29, 0.717) is 5.30 Å². The molecule has 0 aliphatic carbocycles. The van der Waals surface area contributed by atoms with E-state index in [1.165, 1.54) is 7.11 Å². The van der Waals surface area contributed by atoms with E-state index in [-0.39, 0.29) is 11.9 Å². The zero-order valence-corrected chi connectivity index (χ0v) is 9.16. The van der Waals surface area contributed by atoms with E-state index in [2.05, 4.69) is 0 Å². The highest BCUT2D eigenvalue weighted by Crippen LogP contribution is 2.46. The van der Waals surface area contributed by atoms with Gasteiger partial charge >= 0.3 is 0 Å². The molecular formula is C10H13O3P. The first-order chi connectivity index (χ1) is 6.65. The van der Waals surface area contributed by atoms with E-state index in [0.717, 1.165) is 0 Å². The van der Waals surface area contributed by atoms with E-state index in [1.54, 1.807) is 37.3 Å². The van der Waals surface area contributed by atoms with Crippen molar-refractivity contribution in [3.63, 3.8) is 0 Å². The maximum absolute atomic E-state index is 12.1. The lowest BCUT2D eigenvalue weighted by atomic mass is 10.4. The topological polar surface area (TPSA) is 43.4 Å². The second-order valence-electron chi connectivity index (χ2n) is 2.82. The molecule has 0 N–H and O–H groups in total. The Labute approximate surface area is 83.5 Å². The highest BCUT2D eigenvalue weighted by Gasteiger charge is 2.31. The fourth-order valence-electron chi connectivity index (χ4n) is 1.18. The quantitative estimate of drug-likeness (QED) is 0.718. The third kappa shape index (κ3) is 1.94. The van der Waals surface area contributed by atoms with E-state index in [1.807, 2.05) is 0 Å². The van der Waals surface area contributed by atoms with Crippen LogP contribution < -0.4 is 5.30 Å². The molecule has 1 aromatic rings. The summed E-state index contributed by atoms with van der Waals surface area (Å²) in [6.07, 6.45) is 0.222. The van der Waals surface area contributed by atoms with Crippen LogP contribution in [0.15, 0.2) is 30.3 Å². The number of hydrogen-bond donors (Lipinski definition) is 0. The Kier molecular flexibility index (Phi) is 3.62. The molecule has 0 heterocycles. The molecule has 1 rings (SSSR count). The highest BCUT2D eigenvalue weighted by atomic mass is 31.2. The molecule has 0 aliphatic heterocycles. The first kappa shape index (κ1) is 11.2. The molecule has 0 amide bonds. The van der Waals surface area contributed by atoms with Crippen LogP contribution in [-0.2, 0) is 13.9 Å². The lowest BCUT2D eigenvalue weighted by molar-refractivity contribution is -0.112. The van der Waals surface area contributed by atoms with Gasteiger partial charge in [0, 0.05) is 18.8 Å². The summed E-state index contributed by atoms with van der Waals surface area (Å²) in [7, 11) is -1.98. The minimum absolute atomic E-state index is 0.222. The maximum atomic E-state index is 12.1. The van der Waals surface area contributed by atoms with Gasteiger partial charge in [-0.1, -0.05) is 25.1 Å². The normalized spacial score (nSPS) is 14.7. The van der Waals surface area contributed by atoms with Crippen molar-refractivity contribution in [2.45, 2.75) is 13.3 Å². The Morgan fingerprint density at radius 3 is 2.36 bits per heavy atom. The fourth-order valence-corrected chi connectivity index (χ4v) is 2.87. The van der Waals surface area contributed by atoms with Gasteiger partial charge in [-0.3, -0.25) is 9.36 Å². The van der Waals surface area contributed by atoms with Gasteiger partial charge in [0.15, 0.2) is 0 Å². The minimum Gasteiger partial charge on any atom is -0.323 e. The maximum Gasteiger partial charge on any atom is 0.295 e. The molecule has 0 fully saturated rings. The molecule has 0 aromatic heterocycles. The molecule has 14 heavy (non-hydrogen) atoms. The lowest BCUT2D eigenvalue weighted by Gasteiger charge is -2.13. The Morgan fingerprint density at radius 2 is 1.93 bits per heavy atom. The van der Waals surface area contributed by atoms with Crippen molar-refractivity contribution >= 4 is 18.2 Å². The molecule has 0 radical (unpaired) electrons. The van der Waals surface area contributed by atoms with Gasteiger partial charge in [-0.05, 0) is 12.1 Å². The second-order valence-corrected chi connectivity index (χ2v) is 5.30. The third-order valence-electron chi connectivity index (χ3n) is 1.98. The second kappa shape index (κ2) is 4.54. The third-order valence-corrected chi connectivity index (χ3v) is 4.45. The molecule has 1 aromatic carbocycles. The average molecular weight is 212 g/mol. The van der Waals surface area contributed by atoms with Crippen LogP contribution in [0.1, 0.15) is 13.3 Å². The van der Waals surface area contributed by atoms with Crippen molar-refractivity contribution in [2.24, 2.45) is 0 Å². The first-order valence-corrected chi connectivity index (χ1v) is 6.02. The largest absolute Gasteiger partial charge is 0.323 e. The Balaban J connectivity index is 3.15. The predicted octanol–water partition coefficient (Wildman–Crippen LogP) is 2.17. The van der Waals surface area contributed by atoms with Crippen LogP contribution in [-0.4, -0.2) is 12.6 Å². The molecule has 1 atom stereocenters. The van der Waals surface area contributed by atoms with Gasteiger partial charge in [0.2, 0.25) is 5.52 Å². The SMILES string of the molecule is CCC(=O)P(=O)(OC)c1ccccc1. The van der Waals surface area contributed by atoms with Gasteiger partial charge in [0.1, 0.15) is 0 Å². The number of rotatable bonds is 4. The van der Waals surface area contributed by atoms with E-state index >= 15 is 0 Å². The van der Waals surface area contributed by atoms with Crippen LogP contribution in [0.3, 0.4) is 0 Å². The van der Waals surface area contributed by atoms with Gasteiger partial charge in [0.05, 0.1) is 0 Å². The Morgan fingerprint density at radius 1 is 1.36 bits per heavy atom. The summed E-state index contributed by atoms with van der Waals surface area (Å²) in [5.41, 5.74) is -0.341. The van der Waals surface area contributed by atoms with Gasteiger partial charge in [-0.2, -0.15) is 0 Å². The summed E-state index contributed by atoms with van der Waals surface area (Å²) in [6, 6.07) is 8.59. The Hall–Kier alpha value is -0.920. The van der Waals surface area contributed by atoms with Crippen LogP contribution in [0.25, 0.3) is 0 Å². The van der Waals surface area contributed by atoms with Crippen molar-refractivity contribution < 1.29 is 13.9 Å². The smallest absolute Gasteiger partial charge is 0.295 e. The van der Waals surface area contributed by atoms with Crippen molar-refractivity contribution in [2.75, 3.05) is 7.11 Å². The fraction of sp³-hybridized carbons (Fsp3) is 0.300. The van der Waals surface area contributed by atoms with Gasteiger partial charge in [-0.15, -0.1) is 0 Å². The van der Waals surface area contributed by atoms with Gasteiger partial charge < -0.3 is 4.52 Å². The summed E-state index contributed by atoms with van der Waals surface area (Å²) >= 11 is 0. The molecule has 3 nitrogen and oxygen atoms in total. The Bertz CT molecular complexity index is 359. The standard InChI is InChI=1S/C10H13O3P/c1-3-10(11)14(12,13-2)9-7-5-4-6-8-9/h4-8H,3H2,1-2H3. The van der Waals surface area contributed by atoms with Crippen LogP contribution in [0, 0.1) is 0 Å². The van der Waals surface area contributed by atoms with Crippen molar-refractivity contribution in [1.82, 2.24) is 0 Å². The van der Waals surface area contributed by atoms with Gasteiger partial charge in [-0.25, -0.2) is 0 Å². The van der Waals surface area contributed by atoms with Crippen molar-refractivity contribution in [3.05, 3.63) is 30.3 Å². The summed E-state index contributed by atoms with van der Waals surface area (Å²) in [4.78, 5) is 11.5. The molecular weight excluding hydrogens is 199 g/mol. The molecule has 1 unspecified atom stereocenters.